The lowest BCUT2D eigenvalue weighted by Crippen LogP contribution is -2.43. The molecular formula is C20H29N5S. The Morgan fingerprint density at radius 2 is 2.23 bits per heavy atom. The minimum Gasteiger partial charge on any atom is -0.357 e. The van der Waals surface area contributed by atoms with Crippen LogP contribution in [-0.4, -0.2) is 39.1 Å². The van der Waals surface area contributed by atoms with Gasteiger partial charge in [-0.3, -0.25) is 0 Å². The van der Waals surface area contributed by atoms with Gasteiger partial charge >= 0.3 is 0 Å². The minimum atomic E-state index is 0.334. The van der Waals surface area contributed by atoms with Crippen LogP contribution in [0.3, 0.4) is 0 Å². The molecule has 2 heterocycles. The van der Waals surface area contributed by atoms with E-state index in [9.17, 15) is 0 Å². The maximum Gasteiger partial charge on any atom is 0.191 e. The Kier molecular flexibility index (Phi) is 6.61. The van der Waals surface area contributed by atoms with E-state index < -0.39 is 0 Å². The number of thioether (sulfide) groups is 1. The number of nitrogens with one attached hydrogen (secondary N) is 2. The van der Waals surface area contributed by atoms with E-state index in [4.69, 9.17) is 4.99 Å². The largest absolute Gasteiger partial charge is 0.357 e. The molecule has 2 N–H and O–H groups in total. The van der Waals surface area contributed by atoms with Crippen molar-refractivity contribution in [1.82, 2.24) is 20.2 Å². The van der Waals surface area contributed by atoms with Crippen molar-refractivity contribution in [2.75, 3.05) is 18.8 Å². The second-order valence-electron chi connectivity index (χ2n) is 7.01. The number of benzene rings is 1. The van der Waals surface area contributed by atoms with E-state index in [0.29, 0.717) is 11.3 Å². The van der Waals surface area contributed by atoms with Crippen LogP contribution in [-0.2, 0) is 13.1 Å². The topological polar surface area (TPSA) is 54.2 Å². The molecule has 1 saturated heterocycles. The van der Waals surface area contributed by atoms with E-state index in [2.05, 4.69) is 70.1 Å². The minimum absolute atomic E-state index is 0.334. The SMILES string of the molecule is CCNC(=NCc1cccc(Cn2ccnc2)c1)NCC1(C)CCCS1. The molecule has 1 unspecified atom stereocenters. The summed E-state index contributed by atoms with van der Waals surface area (Å²) in [5.41, 5.74) is 2.49. The highest BCUT2D eigenvalue weighted by molar-refractivity contribution is 8.00. The van der Waals surface area contributed by atoms with Crippen LogP contribution in [0.4, 0.5) is 0 Å². The van der Waals surface area contributed by atoms with Gasteiger partial charge in [-0.1, -0.05) is 24.3 Å². The van der Waals surface area contributed by atoms with Crippen molar-refractivity contribution < 1.29 is 0 Å². The fourth-order valence-electron chi connectivity index (χ4n) is 3.18. The number of aromatic nitrogens is 2. The van der Waals surface area contributed by atoms with Gasteiger partial charge in [-0.05, 0) is 43.6 Å². The van der Waals surface area contributed by atoms with Crippen LogP contribution < -0.4 is 10.6 Å². The predicted octanol–water partition coefficient (Wildman–Crippen LogP) is 3.27. The molecule has 6 heteroatoms. The third-order valence-electron chi connectivity index (χ3n) is 4.61. The van der Waals surface area contributed by atoms with E-state index in [0.717, 1.165) is 25.6 Å². The normalized spacial score (nSPS) is 20.3. The van der Waals surface area contributed by atoms with Crippen molar-refractivity contribution >= 4 is 17.7 Å². The maximum absolute atomic E-state index is 4.78. The molecule has 0 radical (unpaired) electrons. The lowest BCUT2D eigenvalue weighted by molar-refractivity contribution is 0.584. The number of imidazole rings is 1. The zero-order chi connectivity index (χ0) is 18.2. The van der Waals surface area contributed by atoms with Crippen LogP contribution in [0.15, 0.2) is 48.0 Å². The van der Waals surface area contributed by atoms with Crippen LogP contribution in [0.25, 0.3) is 0 Å². The molecule has 5 nitrogen and oxygen atoms in total. The summed E-state index contributed by atoms with van der Waals surface area (Å²) in [5.74, 6) is 2.18. The number of guanidine groups is 1. The Hall–Kier alpha value is -1.95. The second-order valence-corrected chi connectivity index (χ2v) is 8.69. The van der Waals surface area contributed by atoms with Gasteiger partial charge in [0.15, 0.2) is 5.96 Å². The van der Waals surface area contributed by atoms with Crippen LogP contribution in [0.1, 0.15) is 37.8 Å². The van der Waals surface area contributed by atoms with Crippen molar-refractivity contribution in [2.45, 2.75) is 44.5 Å². The third kappa shape index (κ3) is 5.53. The standard InChI is InChI=1S/C20H29N5S/c1-3-22-19(24-15-20(2)8-5-11-26-20)23-13-17-6-4-7-18(12-17)14-25-10-9-21-16-25/h4,6-7,9-10,12,16H,3,5,8,11,13-15H2,1-2H3,(H2,22,23,24). The Labute approximate surface area is 160 Å². The Balaban J connectivity index is 1.59. The van der Waals surface area contributed by atoms with Crippen molar-refractivity contribution in [3.05, 3.63) is 54.1 Å². The van der Waals surface area contributed by atoms with Crippen LogP contribution >= 0.6 is 11.8 Å². The van der Waals surface area contributed by atoms with Crippen molar-refractivity contribution in [1.29, 1.82) is 0 Å². The van der Waals surface area contributed by atoms with Crippen molar-refractivity contribution in [3.8, 4) is 0 Å². The number of rotatable bonds is 7. The van der Waals surface area contributed by atoms with Gasteiger partial charge in [-0.25, -0.2) is 9.98 Å². The van der Waals surface area contributed by atoms with Gasteiger partial charge in [0.25, 0.3) is 0 Å². The molecule has 1 aromatic carbocycles. The van der Waals surface area contributed by atoms with Gasteiger partial charge in [0.1, 0.15) is 0 Å². The van der Waals surface area contributed by atoms with Gasteiger partial charge in [-0.15, -0.1) is 0 Å². The molecule has 0 bridgehead atoms. The van der Waals surface area contributed by atoms with Crippen LogP contribution in [0, 0.1) is 0 Å². The average molecular weight is 372 g/mol. The fraction of sp³-hybridized carbons (Fsp3) is 0.500. The molecule has 1 fully saturated rings. The summed E-state index contributed by atoms with van der Waals surface area (Å²) >= 11 is 2.07. The number of hydrogen-bond donors (Lipinski definition) is 2. The fourth-order valence-corrected chi connectivity index (χ4v) is 4.42. The van der Waals surface area contributed by atoms with Gasteiger partial charge in [-0.2, -0.15) is 11.8 Å². The first kappa shape index (κ1) is 18.8. The molecule has 1 aromatic heterocycles. The van der Waals surface area contributed by atoms with Crippen LogP contribution in [0.2, 0.25) is 0 Å². The number of nitrogens with zero attached hydrogens (tertiary/aromatic N) is 3. The molecule has 0 saturated carbocycles. The number of hydrogen-bond acceptors (Lipinski definition) is 3. The second kappa shape index (κ2) is 9.12. The summed E-state index contributed by atoms with van der Waals surface area (Å²) in [4.78, 5) is 8.88. The first-order valence-electron chi connectivity index (χ1n) is 9.36. The molecule has 1 aliphatic rings. The predicted molar refractivity (Wildman–Crippen MR) is 111 cm³/mol. The highest BCUT2D eigenvalue weighted by Crippen LogP contribution is 2.36. The first-order chi connectivity index (χ1) is 12.7. The Morgan fingerprint density at radius 1 is 1.35 bits per heavy atom. The van der Waals surface area contributed by atoms with Crippen molar-refractivity contribution in [2.24, 2.45) is 4.99 Å². The van der Waals surface area contributed by atoms with Gasteiger partial charge in [0.05, 0.1) is 12.9 Å². The smallest absolute Gasteiger partial charge is 0.191 e. The third-order valence-corrected chi connectivity index (χ3v) is 6.15. The molecule has 0 amide bonds. The van der Waals surface area contributed by atoms with Crippen LogP contribution in [0.5, 0.6) is 0 Å². The molecule has 3 rings (SSSR count). The van der Waals surface area contributed by atoms with Gasteiger partial charge in [0, 0.05) is 36.8 Å². The lowest BCUT2D eigenvalue weighted by atomic mass is 10.1. The maximum atomic E-state index is 4.78. The van der Waals surface area contributed by atoms with E-state index in [1.165, 1.54) is 29.7 Å². The summed E-state index contributed by atoms with van der Waals surface area (Å²) in [6.45, 7) is 7.80. The highest BCUT2D eigenvalue weighted by Gasteiger charge is 2.29. The summed E-state index contributed by atoms with van der Waals surface area (Å²) < 4.78 is 2.41. The van der Waals surface area contributed by atoms with E-state index >= 15 is 0 Å². The zero-order valence-corrected chi connectivity index (χ0v) is 16.6. The van der Waals surface area contributed by atoms with Gasteiger partial charge in [0.2, 0.25) is 0 Å². The summed E-state index contributed by atoms with van der Waals surface area (Å²) in [6.07, 6.45) is 8.24. The lowest BCUT2D eigenvalue weighted by Gasteiger charge is -2.24. The highest BCUT2D eigenvalue weighted by atomic mass is 32.2. The summed E-state index contributed by atoms with van der Waals surface area (Å²) in [7, 11) is 0. The zero-order valence-electron chi connectivity index (χ0n) is 15.7. The van der Waals surface area contributed by atoms with Crippen molar-refractivity contribution in [3.63, 3.8) is 0 Å². The Bertz CT molecular complexity index is 705. The average Bonchev–Trinajstić information content (AvgIpc) is 3.30. The van der Waals surface area contributed by atoms with Gasteiger partial charge < -0.3 is 15.2 Å². The molecule has 0 aliphatic carbocycles. The number of aliphatic imine (C=N–C) groups is 1. The molecule has 26 heavy (non-hydrogen) atoms. The molecule has 1 aliphatic heterocycles. The summed E-state index contributed by atoms with van der Waals surface area (Å²) in [5, 5.41) is 6.89. The molecule has 0 spiro atoms. The molecule has 2 aromatic rings. The van der Waals surface area contributed by atoms with E-state index in [-0.39, 0.29) is 0 Å². The molecule has 140 valence electrons. The quantitative estimate of drug-likeness (QED) is 0.579. The molecular weight excluding hydrogens is 342 g/mol. The Morgan fingerprint density at radius 3 is 2.96 bits per heavy atom. The van der Waals surface area contributed by atoms with E-state index in [1.54, 1.807) is 0 Å². The monoisotopic (exact) mass is 371 g/mol. The van der Waals surface area contributed by atoms with E-state index in [1.807, 2.05) is 18.7 Å². The summed E-state index contributed by atoms with van der Waals surface area (Å²) in [6, 6.07) is 8.61. The first-order valence-corrected chi connectivity index (χ1v) is 10.4. The molecule has 1 atom stereocenters.